The number of nitrogens with zero attached hydrogens (tertiary/aromatic N) is 1. The van der Waals surface area contributed by atoms with Crippen molar-refractivity contribution in [3.05, 3.63) is 59.4 Å². The van der Waals surface area contributed by atoms with Gasteiger partial charge < -0.3 is 15.0 Å². The largest absolute Gasteiger partial charge is 0.489 e. The van der Waals surface area contributed by atoms with E-state index in [-0.39, 0.29) is 30.4 Å². The SMILES string of the molecule is CNC(=O)C1CC(=O)N(c2ccc(OCc3cc(F)c(F)cc3F)cc2)C1. The second-order valence-electron chi connectivity index (χ2n) is 6.16. The maximum absolute atomic E-state index is 13.6. The van der Waals surface area contributed by atoms with E-state index in [4.69, 9.17) is 4.74 Å². The van der Waals surface area contributed by atoms with Gasteiger partial charge >= 0.3 is 0 Å². The Hall–Kier alpha value is -3.03. The molecule has 2 amide bonds. The topological polar surface area (TPSA) is 58.6 Å². The molecular weight excluding hydrogens is 361 g/mol. The van der Waals surface area contributed by atoms with Gasteiger partial charge in [0.05, 0.1) is 5.92 Å². The van der Waals surface area contributed by atoms with Crippen LogP contribution in [-0.4, -0.2) is 25.4 Å². The molecule has 2 aromatic rings. The van der Waals surface area contributed by atoms with Gasteiger partial charge in [0, 0.05) is 37.3 Å². The Kier molecular flexibility index (Phi) is 5.34. The van der Waals surface area contributed by atoms with Crippen molar-refractivity contribution < 1.29 is 27.5 Å². The molecule has 1 fully saturated rings. The van der Waals surface area contributed by atoms with Crippen LogP contribution >= 0.6 is 0 Å². The molecule has 0 bridgehead atoms. The van der Waals surface area contributed by atoms with E-state index in [2.05, 4.69) is 5.32 Å². The van der Waals surface area contributed by atoms with Crippen molar-refractivity contribution in [1.29, 1.82) is 0 Å². The molecule has 0 spiro atoms. The maximum atomic E-state index is 13.6. The summed E-state index contributed by atoms with van der Waals surface area (Å²) >= 11 is 0. The van der Waals surface area contributed by atoms with Crippen LogP contribution in [0.4, 0.5) is 18.9 Å². The molecule has 1 heterocycles. The first kappa shape index (κ1) is 18.8. The van der Waals surface area contributed by atoms with Crippen LogP contribution in [0.3, 0.4) is 0 Å². The van der Waals surface area contributed by atoms with Crippen LogP contribution in [0.2, 0.25) is 0 Å². The van der Waals surface area contributed by atoms with Crippen LogP contribution in [0.25, 0.3) is 0 Å². The van der Waals surface area contributed by atoms with Crippen molar-refractivity contribution in [2.75, 3.05) is 18.5 Å². The smallest absolute Gasteiger partial charge is 0.227 e. The molecule has 2 aromatic carbocycles. The van der Waals surface area contributed by atoms with Gasteiger partial charge in [0.15, 0.2) is 11.6 Å². The molecule has 1 aliphatic heterocycles. The third kappa shape index (κ3) is 4.05. The number of ether oxygens (including phenoxy) is 1. The summed E-state index contributed by atoms with van der Waals surface area (Å²) in [5.74, 6) is -3.66. The number of carbonyl (C=O) groups excluding carboxylic acids is 2. The van der Waals surface area contributed by atoms with Crippen LogP contribution in [0, 0.1) is 23.4 Å². The van der Waals surface area contributed by atoms with Gasteiger partial charge in [0.1, 0.15) is 18.2 Å². The highest BCUT2D eigenvalue weighted by molar-refractivity contribution is 6.00. The second kappa shape index (κ2) is 7.69. The lowest BCUT2D eigenvalue weighted by molar-refractivity contribution is -0.125. The third-order valence-electron chi connectivity index (χ3n) is 4.37. The van der Waals surface area contributed by atoms with Crippen LogP contribution in [-0.2, 0) is 16.2 Å². The number of amides is 2. The van der Waals surface area contributed by atoms with Crippen molar-refractivity contribution in [3.8, 4) is 5.75 Å². The zero-order chi connectivity index (χ0) is 19.6. The molecule has 27 heavy (non-hydrogen) atoms. The maximum Gasteiger partial charge on any atom is 0.227 e. The van der Waals surface area contributed by atoms with Gasteiger partial charge in [0.25, 0.3) is 0 Å². The summed E-state index contributed by atoms with van der Waals surface area (Å²) in [6, 6.07) is 7.66. The molecule has 8 heteroatoms. The lowest BCUT2D eigenvalue weighted by Gasteiger charge is -2.17. The van der Waals surface area contributed by atoms with E-state index >= 15 is 0 Å². The molecule has 1 saturated heterocycles. The van der Waals surface area contributed by atoms with Crippen LogP contribution < -0.4 is 15.0 Å². The van der Waals surface area contributed by atoms with Crippen molar-refractivity contribution >= 4 is 17.5 Å². The van der Waals surface area contributed by atoms with E-state index < -0.39 is 23.4 Å². The summed E-state index contributed by atoms with van der Waals surface area (Å²) in [6.07, 6.45) is 0.146. The number of carbonyl (C=O) groups is 2. The summed E-state index contributed by atoms with van der Waals surface area (Å²) < 4.78 is 45.1. The number of halogens is 3. The summed E-state index contributed by atoms with van der Waals surface area (Å²) in [7, 11) is 1.53. The lowest BCUT2D eigenvalue weighted by atomic mass is 10.1. The number of anilines is 1. The van der Waals surface area contributed by atoms with Crippen molar-refractivity contribution in [1.82, 2.24) is 5.32 Å². The van der Waals surface area contributed by atoms with E-state index in [0.29, 0.717) is 24.0 Å². The second-order valence-corrected chi connectivity index (χ2v) is 6.16. The van der Waals surface area contributed by atoms with Gasteiger partial charge in [-0.1, -0.05) is 0 Å². The Balaban J connectivity index is 1.65. The predicted molar refractivity (Wildman–Crippen MR) is 91.6 cm³/mol. The van der Waals surface area contributed by atoms with Gasteiger partial charge in [-0.2, -0.15) is 0 Å². The summed E-state index contributed by atoms with van der Waals surface area (Å²) in [5.41, 5.74) is 0.499. The first-order valence-corrected chi connectivity index (χ1v) is 8.27. The Morgan fingerprint density at radius 1 is 1.15 bits per heavy atom. The Bertz CT molecular complexity index is 871. The minimum atomic E-state index is -1.26. The molecule has 5 nitrogen and oxygen atoms in total. The van der Waals surface area contributed by atoms with Crippen molar-refractivity contribution in [2.45, 2.75) is 13.0 Å². The van der Waals surface area contributed by atoms with E-state index in [1.165, 1.54) is 11.9 Å². The minimum absolute atomic E-state index is 0.110. The quantitative estimate of drug-likeness (QED) is 0.814. The molecule has 3 rings (SSSR count). The van der Waals surface area contributed by atoms with Crippen molar-refractivity contribution in [2.24, 2.45) is 5.92 Å². The zero-order valence-electron chi connectivity index (χ0n) is 14.5. The molecule has 1 aliphatic rings. The first-order valence-electron chi connectivity index (χ1n) is 8.27. The first-order chi connectivity index (χ1) is 12.9. The molecular formula is C19H17F3N2O3. The Morgan fingerprint density at radius 2 is 1.81 bits per heavy atom. The minimum Gasteiger partial charge on any atom is -0.489 e. The van der Waals surface area contributed by atoms with Crippen LogP contribution in [0.1, 0.15) is 12.0 Å². The molecule has 0 radical (unpaired) electrons. The average Bonchev–Trinajstić information content (AvgIpc) is 3.05. The van der Waals surface area contributed by atoms with E-state index in [0.717, 1.165) is 6.07 Å². The molecule has 0 aromatic heterocycles. The fraction of sp³-hybridized carbons (Fsp3) is 0.263. The van der Waals surface area contributed by atoms with Gasteiger partial charge in [-0.15, -0.1) is 0 Å². The lowest BCUT2D eigenvalue weighted by Crippen LogP contribution is -2.30. The van der Waals surface area contributed by atoms with Gasteiger partial charge in [-0.3, -0.25) is 9.59 Å². The molecule has 142 valence electrons. The Labute approximate surface area is 153 Å². The molecule has 1 N–H and O–H groups in total. The molecule has 0 saturated carbocycles. The summed E-state index contributed by atoms with van der Waals surface area (Å²) in [4.78, 5) is 25.3. The third-order valence-corrected chi connectivity index (χ3v) is 4.37. The fourth-order valence-corrected chi connectivity index (χ4v) is 2.89. The highest BCUT2D eigenvalue weighted by Gasteiger charge is 2.34. The Morgan fingerprint density at radius 3 is 2.48 bits per heavy atom. The highest BCUT2D eigenvalue weighted by atomic mass is 19.2. The zero-order valence-corrected chi connectivity index (χ0v) is 14.5. The standard InChI is InChI=1S/C19H17F3N2O3/c1-23-19(26)11-7-18(25)24(9-11)13-2-4-14(5-3-13)27-10-12-6-16(21)17(22)8-15(12)20/h2-6,8,11H,7,9-10H2,1H3,(H,23,26). The number of hydrogen-bond acceptors (Lipinski definition) is 3. The van der Waals surface area contributed by atoms with Crippen LogP contribution in [0.5, 0.6) is 5.75 Å². The molecule has 0 aliphatic carbocycles. The highest BCUT2D eigenvalue weighted by Crippen LogP contribution is 2.27. The normalized spacial score (nSPS) is 16.5. The van der Waals surface area contributed by atoms with Crippen LogP contribution in [0.15, 0.2) is 36.4 Å². The molecule has 1 atom stereocenters. The number of rotatable bonds is 5. The average molecular weight is 378 g/mol. The van der Waals surface area contributed by atoms with Gasteiger partial charge in [-0.05, 0) is 30.3 Å². The number of hydrogen-bond donors (Lipinski definition) is 1. The van der Waals surface area contributed by atoms with Gasteiger partial charge in [-0.25, -0.2) is 13.2 Å². The van der Waals surface area contributed by atoms with Crippen molar-refractivity contribution in [3.63, 3.8) is 0 Å². The molecule has 1 unspecified atom stereocenters. The number of benzene rings is 2. The van der Waals surface area contributed by atoms with E-state index in [9.17, 15) is 22.8 Å². The summed E-state index contributed by atoms with van der Waals surface area (Å²) in [6.45, 7) is 0.0164. The van der Waals surface area contributed by atoms with E-state index in [1.807, 2.05) is 0 Å². The fourth-order valence-electron chi connectivity index (χ4n) is 2.89. The number of nitrogens with one attached hydrogen (secondary N) is 1. The van der Waals surface area contributed by atoms with E-state index in [1.54, 1.807) is 24.3 Å². The predicted octanol–water partition coefficient (Wildman–Crippen LogP) is 2.78. The summed E-state index contributed by atoms with van der Waals surface area (Å²) in [5, 5.41) is 2.53. The monoisotopic (exact) mass is 378 g/mol. The van der Waals surface area contributed by atoms with Gasteiger partial charge in [0.2, 0.25) is 11.8 Å².